The predicted molar refractivity (Wildman–Crippen MR) is 108 cm³/mol. The minimum Gasteiger partial charge on any atom is -0.496 e. The summed E-state index contributed by atoms with van der Waals surface area (Å²) in [6, 6.07) is 9.82. The van der Waals surface area contributed by atoms with Gasteiger partial charge < -0.3 is 10.1 Å². The molecule has 7 nitrogen and oxygen atoms in total. The second-order valence-electron chi connectivity index (χ2n) is 6.83. The molecule has 0 spiro atoms. The lowest BCUT2D eigenvalue weighted by Crippen LogP contribution is -2.47. The Morgan fingerprint density at radius 2 is 2.25 bits per heavy atom. The van der Waals surface area contributed by atoms with Crippen molar-refractivity contribution in [3.63, 3.8) is 0 Å². The fourth-order valence-electron chi connectivity index (χ4n) is 3.06. The Hall–Kier alpha value is -2.79. The first-order chi connectivity index (χ1) is 13.5. The average Bonchev–Trinajstić information content (AvgIpc) is 3.49. The van der Waals surface area contributed by atoms with E-state index in [0.29, 0.717) is 23.3 Å². The molecule has 8 heteroatoms. The highest BCUT2D eigenvalue weighted by Crippen LogP contribution is 2.39. The zero-order chi connectivity index (χ0) is 20.1. The van der Waals surface area contributed by atoms with Crippen LogP contribution in [0.2, 0.25) is 0 Å². The summed E-state index contributed by atoms with van der Waals surface area (Å²) in [6.45, 7) is 6.09. The van der Waals surface area contributed by atoms with Gasteiger partial charge in [0.1, 0.15) is 11.3 Å². The number of carbonyl (C=O) groups is 1. The maximum absolute atomic E-state index is 12.4. The molecule has 28 heavy (non-hydrogen) atoms. The number of ether oxygens (including phenoxy) is 1. The molecule has 1 amide bonds. The zero-order valence-electron chi connectivity index (χ0n) is 16.0. The lowest BCUT2D eigenvalue weighted by molar-refractivity contribution is -0.119. The standard InChI is InChI=1S/C20H23N5O2S/c1-4-11-25-18(15-7-5-6-8-16(15)27-3)23-24-19(25)28-12-17(26)22-20(2,13-21)14-9-10-14/h4-8,14H,1,9-12H2,2-3H3,(H,22,26)/t20-/m0/s1. The molecular weight excluding hydrogens is 374 g/mol. The number of para-hydroxylation sites is 1. The van der Waals surface area contributed by atoms with Crippen molar-refractivity contribution in [1.29, 1.82) is 5.26 Å². The molecular formula is C20H23N5O2S. The third-order valence-corrected chi connectivity index (χ3v) is 5.70. The van der Waals surface area contributed by atoms with Gasteiger partial charge in [0.15, 0.2) is 11.0 Å². The van der Waals surface area contributed by atoms with Crippen LogP contribution in [0.4, 0.5) is 0 Å². The van der Waals surface area contributed by atoms with Crippen molar-refractivity contribution in [3.05, 3.63) is 36.9 Å². The Morgan fingerprint density at radius 1 is 1.50 bits per heavy atom. The highest BCUT2D eigenvalue weighted by atomic mass is 32.2. The number of thioether (sulfide) groups is 1. The van der Waals surface area contributed by atoms with Crippen LogP contribution in [0.5, 0.6) is 5.75 Å². The lowest BCUT2D eigenvalue weighted by Gasteiger charge is -2.22. The molecule has 0 saturated heterocycles. The molecule has 1 aliphatic rings. The molecule has 2 aromatic rings. The van der Waals surface area contributed by atoms with Gasteiger partial charge in [-0.3, -0.25) is 9.36 Å². The number of methoxy groups -OCH3 is 1. The van der Waals surface area contributed by atoms with E-state index in [4.69, 9.17) is 4.74 Å². The molecule has 3 rings (SSSR count). The normalized spacial score (nSPS) is 15.3. The van der Waals surface area contributed by atoms with Crippen molar-refractivity contribution in [2.24, 2.45) is 5.92 Å². The maximum atomic E-state index is 12.4. The number of carbonyl (C=O) groups excluding carboxylic acids is 1. The number of amides is 1. The molecule has 1 saturated carbocycles. The molecule has 1 N–H and O–H groups in total. The van der Waals surface area contributed by atoms with Crippen LogP contribution in [0.25, 0.3) is 11.4 Å². The van der Waals surface area contributed by atoms with Gasteiger partial charge in [0.25, 0.3) is 0 Å². The summed E-state index contributed by atoms with van der Waals surface area (Å²) in [7, 11) is 1.61. The third kappa shape index (κ3) is 4.20. The van der Waals surface area contributed by atoms with Crippen LogP contribution in [-0.2, 0) is 11.3 Å². The van der Waals surface area contributed by atoms with E-state index < -0.39 is 5.54 Å². The Bertz CT molecular complexity index is 916. The van der Waals surface area contributed by atoms with Gasteiger partial charge >= 0.3 is 0 Å². The predicted octanol–water partition coefficient (Wildman–Crippen LogP) is 3.04. The number of nitriles is 1. The molecule has 1 aromatic heterocycles. The monoisotopic (exact) mass is 397 g/mol. The van der Waals surface area contributed by atoms with Crippen LogP contribution in [-0.4, -0.2) is 39.1 Å². The lowest BCUT2D eigenvalue weighted by atomic mass is 9.98. The number of nitrogens with zero attached hydrogens (tertiary/aromatic N) is 4. The summed E-state index contributed by atoms with van der Waals surface area (Å²) in [6.07, 6.45) is 3.72. The molecule has 0 bridgehead atoms. The van der Waals surface area contributed by atoms with Crippen molar-refractivity contribution >= 4 is 17.7 Å². The van der Waals surface area contributed by atoms with Crippen LogP contribution in [0, 0.1) is 17.2 Å². The summed E-state index contributed by atoms with van der Waals surface area (Å²) < 4.78 is 7.32. The summed E-state index contributed by atoms with van der Waals surface area (Å²) in [5.41, 5.74) is 0.0241. The third-order valence-electron chi connectivity index (χ3n) is 4.73. The molecule has 1 heterocycles. The zero-order valence-corrected chi connectivity index (χ0v) is 16.8. The smallest absolute Gasteiger partial charge is 0.231 e. The summed E-state index contributed by atoms with van der Waals surface area (Å²) in [5.74, 6) is 1.57. The van der Waals surface area contributed by atoms with E-state index in [9.17, 15) is 10.1 Å². The van der Waals surface area contributed by atoms with Gasteiger partial charge in [0.2, 0.25) is 5.91 Å². The van der Waals surface area contributed by atoms with Gasteiger partial charge in [-0.05, 0) is 37.8 Å². The minimum absolute atomic E-state index is 0.158. The van der Waals surface area contributed by atoms with Crippen molar-refractivity contribution in [2.75, 3.05) is 12.9 Å². The van der Waals surface area contributed by atoms with E-state index in [-0.39, 0.29) is 17.6 Å². The molecule has 0 radical (unpaired) electrons. The largest absolute Gasteiger partial charge is 0.496 e. The van der Waals surface area contributed by atoms with Crippen molar-refractivity contribution in [2.45, 2.75) is 37.0 Å². The summed E-state index contributed by atoms with van der Waals surface area (Å²) in [5, 5.41) is 21.4. The molecule has 0 unspecified atom stereocenters. The first-order valence-electron chi connectivity index (χ1n) is 9.05. The van der Waals surface area contributed by atoms with E-state index in [1.165, 1.54) is 11.8 Å². The molecule has 0 aliphatic heterocycles. The summed E-state index contributed by atoms with van der Waals surface area (Å²) in [4.78, 5) is 12.4. The molecule has 1 atom stereocenters. The van der Waals surface area contributed by atoms with Gasteiger partial charge in [-0.25, -0.2) is 0 Å². The number of benzene rings is 1. The Balaban J connectivity index is 1.76. The highest BCUT2D eigenvalue weighted by molar-refractivity contribution is 7.99. The molecule has 1 aromatic carbocycles. The number of aromatic nitrogens is 3. The average molecular weight is 398 g/mol. The first kappa shape index (κ1) is 20.0. The quantitative estimate of drug-likeness (QED) is 0.516. The SMILES string of the molecule is C=CCn1c(SCC(=O)N[C@@](C)(C#N)C2CC2)nnc1-c1ccccc1OC. The van der Waals surface area contributed by atoms with Crippen LogP contribution < -0.4 is 10.1 Å². The van der Waals surface area contributed by atoms with E-state index in [1.807, 2.05) is 28.8 Å². The second kappa shape index (κ2) is 8.48. The highest BCUT2D eigenvalue weighted by Gasteiger charge is 2.43. The molecule has 1 fully saturated rings. The number of hydrogen-bond donors (Lipinski definition) is 1. The Kier molecular flexibility index (Phi) is 6.05. The summed E-state index contributed by atoms with van der Waals surface area (Å²) >= 11 is 1.29. The van der Waals surface area contributed by atoms with Crippen molar-refractivity contribution in [3.8, 4) is 23.2 Å². The topological polar surface area (TPSA) is 92.8 Å². The second-order valence-corrected chi connectivity index (χ2v) is 7.77. The van der Waals surface area contributed by atoms with Gasteiger partial charge in [-0.1, -0.05) is 30.0 Å². The van der Waals surface area contributed by atoms with E-state index in [2.05, 4.69) is 28.2 Å². The van der Waals surface area contributed by atoms with Crippen molar-refractivity contribution in [1.82, 2.24) is 20.1 Å². The van der Waals surface area contributed by atoms with Gasteiger partial charge in [0, 0.05) is 6.54 Å². The van der Waals surface area contributed by atoms with Crippen molar-refractivity contribution < 1.29 is 9.53 Å². The van der Waals surface area contributed by atoms with Gasteiger partial charge in [-0.2, -0.15) is 5.26 Å². The Labute approximate surface area is 168 Å². The fourth-order valence-corrected chi connectivity index (χ4v) is 3.80. The van der Waals surface area contributed by atoms with E-state index >= 15 is 0 Å². The molecule has 146 valence electrons. The van der Waals surface area contributed by atoms with E-state index in [1.54, 1.807) is 20.1 Å². The number of hydrogen-bond acceptors (Lipinski definition) is 6. The van der Waals surface area contributed by atoms with E-state index in [0.717, 1.165) is 18.4 Å². The van der Waals surface area contributed by atoms with Crippen LogP contribution in [0.1, 0.15) is 19.8 Å². The molecule has 1 aliphatic carbocycles. The van der Waals surface area contributed by atoms with Crippen LogP contribution in [0.15, 0.2) is 42.1 Å². The number of nitrogens with one attached hydrogen (secondary N) is 1. The fraction of sp³-hybridized carbons (Fsp3) is 0.400. The van der Waals surface area contributed by atoms with Crippen LogP contribution in [0.3, 0.4) is 0 Å². The van der Waals surface area contributed by atoms with Crippen LogP contribution >= 0.6 is 11.8 Å². The first-order valence-corrected chi connectivity index (χ1v) is 10.0. The minimum atomic E-state index is -0.797. The number of allylic oxidation sites excluding steroid dienone is 1. The van der Waals surface area contributed by atoms with Gasteiger partial charge in [-0.15, -0.1) is 16.8 Å². The Morgan fingerprint density at radius 3 is 2.89 bits per heavy atom. The van der Waals surface area contributed by atoms with Gasteiger partial charge in [0.05, 0.1) is 24.5 Å². The maximum Gasteiger partial charge on any atom is 0.231 e. The number of rotatable bonds is 9.